The molecule has 3 heterocycles. The Hall–Kier alpha value is -6.58. The highest BCUT2D eigenvalue weighted by Gasteiger charge is 2.22. The van der Waals surface area contributed by atoms with Crippen molar-refractivity contribution in [2.75, 3.05) is 0 Å². The lowest BCUT2D eigenvalue weighted by molar-refractivity contribution is 0.619. The van der Waals surface area contributed by atoms with Gasteiger partial charge < -0.3 is 13.3 Å². The number of rotatable bonds is 3. The molecule has 0 amide bonds. The molecular weight excluding hydrogens is 601 g/mol. The number of hydrogen-bond donors (Lipinski definition) is 0. The van der Waals surface area contributed by atoms with E-state index < -0.39 is 0 Å². The van der Waals surface area contributed by atoms with Crippen molar-refractivity contribution in [2.24, 2.45) is 0 Å². The van der Waals surface area contributed by atoms with Gasteiger partial charge in [0.25, 0.3) is 0 Å². The first-order valence-corrected chi connectivity index (χ1v) is 16.6. The lowest BCUT2D eigenvalue weighted by Gasteiger charge is -2.18. The fraction of sp³-hybridized carbons (Fsp3) is 0. The Morgan fingerprint density at radius 2 is 0.918 bits per heavy atom. The molecule has 0 saturated carbocycles. The fourth-order valence-corrected chi connectivity index (χ4v) is 8.06. The van der Waals surface area contributed by atoms with Gasteiger partial charge in [0, 0.05) is 27.1 Å². The van der Waals surface area contributed by atoms with Crippen LogP contribution in [0.15, 0.2) is 171 Å². The average molecular weight is 627 g/mol. The highest BCUT2D eigenvalue weighted by molar-refractivity contribution is 6.26. The Morgan fingerprint density at radius 3 is 1.67 bits per heavy atom. The summed E-state index contributed by atoms with van der Waals surface area (Å²) in [5.41, 5.74) is 11.2. The van der Waals surface area contributed by atoms with Gasteiger partial charge >= 0.3 is 0 Å². The number of furan rings is 3. The van der Waals surface area contributed by atoms with Crippen LogP contribution in [0.3, 0.4) is 0 Å². The molecule has 11 rings (SSSR count). The third kappa shape index (κ3) is 3.73. The molecule has 0 aliphatic heterocycles. The third-order valence-corrected chi connectivity index (χ3v) is 10.1. The molecule has 0 radical (unpaired) electrons. The van der Waals surface area contributed by atoms with Crippen molar-refractivity contribution in [3.63, 3.8) is 0 Å². The molecule has 0 aliphatic rings. The number of benzene rings is 8. The standard InChI is InChI=1S/C46H26O3/c1-2-11-27(12-3-1)37-26-47-46-33(37)22-24-41-45(46)36-25-28(21-23-39(36)49-41)42-29-13-4-6-15-31(29)43(32-16-7-5-14-30(32)42)35-18-10-20-40-44(35)34-17-8-9-19-38(34)48-40/h1-26H. The monoisotopic (exact) mass is 626 g/mol. The molecule has 49 heavy (non-hydrogen) atoms. The Bertz CT molecular complexity index is 3040. The molecule has 0 fully saturated rings. The van der Waals surface area contributed by atoms with Crippen LogP contribution < -0.4 is 0 Å². The van der Waals surface area contributed by atoms with Crippen molar-refractivity contribution in [3.8, 4) is 33.4 Å². The van der Waals surface area contributed by atoms with Gasteiger partial charge in [-0.2, -0.15) is 0 Å². The van der Waals surface area contributed by atoms with Crippen LogP contribution in [0.5, 0.6) is 0 Å². The first kappa shape index (κ1) is 26.5. The zero-order valence-electron chi connectivity index (χ0n) is 26.2. The second-order valence-electron chi connectivity index (χ2n) is 12.8. The molecule has 0 saturated heterocycles. The molecule has 0 atom stereocenters. The molecule has 3 nitrogen and oxygen atoms in total. The summed E-state index contributed by atoms with van der Waals surface area (Å²) in [6.45, 7) is 0. The summed E-state index contributed by atoms with van der Waals surface area (Å²) >= 11 is 0. The molecule has 0 bridgehead atoms. The fourth-order valence-electron chi connectivity index (χ4n) is 8.06. The number of hydrogen-bond acceptors (Lipinski definition) is 3. The van der Waals surface area contributed by atoms with Crippen LogP contribution in [0.2, 0.25) is 0 Å². The van der Waals surface area contributed by atoms with Crippen LogP contribution in [-0.4, -0.2) is 0 Å². The predicted octanol–water partition coefficient (Wildman–Crippen LogP) is 13.5. The molecule has 11 aromatic rings. The maximum Gasteiger partial charge on any atom is 0.146 e. The van der Waals surface area contributed by atoms with Gasteiger partial charge in [-0.05, 0) is 85.8 Å². The lowest BCUT2D eigenvalue weighted by atomic mass is 9.84. The normalized spacial score (nSPS) is 12.1. The molecule has 0 spiro atoms. The molecule has 8 aromatic carbocycles. The Balaban J connectivity index is 1.21. The number of fused-ring (bicyclic) bond motifs is 10. The van der Waals surface area contributed by atoms with Crippen LogP contribution in [0, 0.1) is 0 Å². The second kappa shape index (κ2) is 9.96. The number of para-hydroxylation sites is 1. The average Bonchev–Trinajstić information content (AvgIpc) is 3.87. The summed E-state index contributed by atoms with van der Waals surface area (Å²) in [7, 11) is 0. The highest BCUT2D eigenvalue weighted by atomic mass is 16.3. The topological polar surface area (TPSA) is 39.4 Å². The summed E-state index contributed by atoms with van der Waals surface area (Å²) in [5.74, 6) is 0. The molecule has 0 N–H and O–H groups in total. The predicted molar refractivity (Wildman–Crippen MR) is 202 cm³/mol. The maximum absolute atomic E-state index is 6.42. The molecule has 3 aromatic heterocycles. The second-order valence-corrected chi connectivity index (χ2v) is 12.8. The zero-order valence-corrected chi connectivity index (χ0v) is 26.2. The first-order chi connectivity index (χ1) is 24.3. The van der Waals surface area contributed by atoms with Gasteiger partial charge in [0.05, 0.1) is 11.6 Å². The summed E-state index contributed by atoms with van der Waals surface area (Å²) in [5, 5.41) is 10.2. The van der Waals surface area contributed by atoms with Crippen LogP contribution >= 0.6 is 0 Å². The summed E-state index contributed by atoms with van der Waals surface area (Å²) in [4.78, 5) is 0. The van der Waals surface area contributed by atoms with Crippen molar-refractivity contribution >= 4 is 76.4 Å². The molecule has 228 valence electrons. The van der Waals surface area contributed by atoms with E-state index in [1.54, 1.807) is 0 Å². The minimum atomic E-state index is 0.819. The van der Waals surface area contributed by atoms with Crippen molar-refractivity contribution in [3.05, 3.63) is 158 Å². The van der Waals surface area contributed by atoms with Gasteiger partial charge in [-0.25, -0.2) is 0 Å². The van der Waals surface area contributed by atoms with Gasteiger partial charge in [-0.15, -0.1) is 0 Å². The minimum Gasteiger partial charge on any atom is -0.463 e. The smallest absolute Gasteiger partial charge is 0.146 e. The molecular formula is C46H26O3. The highest BCUT2D eigenvalue weighted by Crippen LogP contribution is 2.48. The van der Waals surface area contributed by atoms with Gasteiger partial charge in [0.1, 0.15) is 27.9 Å². The molecule has 3 heteroatoms. The van der Waals surface area contributed by atoms with Crippen molar-refractivity contribution in [1.29, 1.82) is 0 Å². The summed E-state index contributed by atoms with van der Waals surface area (Å²) in [6.07, 6.45) is 1.87. The largest absolute Gasteiger partial charge is 0.463 e. The Labute approximate surface area is 280 Å². The van der Waals surface area contributed by atoms with E-state index >= 15 is 0 Å². The van der Waals surface area contributed by atoms with E-state index in [0.29, 0.717) is 0 Å². The van der Waals surface area contributed by atoms with Crippen molar-refractivity contribution < 1.29 is 13.3 Å². The Kier molecular flexibility index (Phi) is 5.38. The van der Waals surface area contributed by atoms with Crippen molar-refractivity contribution in [2.45, 2.75) is 0 Å². The Morgan fingerprint density at radius 1 is 0.327 bits per heavy atom. The van der Waals surface area contributed by atoms with E-state index in [9.17, 15) is 0 Å². The van der Waals surface area contributed by atoms with Crippen molar-refractivity contribution in [1.82, 2.24) is 0 Å². The quantitative estimate of drug-likeness (QED) is 0.183. The van der Waals surface area contributed by atoms with E-state index in [2.05, 4.69) is 133 Å². The van der Waals surface area contributed by atoms with E-state index in [1.165, 1.54) is 38.2 Å². The summed E-state index contributed by atoms with van der Waals surface area (Å²) < 4.78 is 19.1. The van der Waals surface area contributed by atoms with E-state index in [1.807, 2.05) is 24.5 Å². The lowest BCUT2D eigenvalue weighted by Crippen LogP contribution is -1.91. The zero-order chi connectivity index (χ0) is 32.1. The van der Waals surface area contributed by atoms with Crippen LogP contribution in [0.25, 0.3) is 110 Å². The van der Waals surface area contributed by atoms with E-state index in [0.717, 1.165) is 71.5 Å². The third-order valence-electron chi connectivity index (χ3n) is 10.1. The van der Waals surface area contributed by atoms with E-state index in [-0.39, 0.29) is 0 Å². The van der Waals surface area contributed by atoms with Crippen LogP contribution in [0.4, 0.5) is 0 Å². The molecule has 0 unspecified atom stereocenters. The first-order valence-electron chi connectivity index (χ1n) is 16.6. The van der Waals surface area contributed by atoms with Gasteiger partial charge in [-0.3, -0.25) is 0 Å². The van der Waals surface area contributed by atoms with Crippen LogP contribution in [0.1, 0.15) is 0 Å². The van der Waals surface area contributed by atoms with Gasteiger partial charge in [0.15, 0.2) is 0 Å². The summed E-state index contributed by atoms with van der Waals surface area (Å²) in [6, 6.07) is 53.5. The maximum atomic E-state index is 6.42. The van der Waals surface area contributed by atoms with Gasteiger partial charge in [0.2, 0.25) is 0 Å². The van der Waals surface area contributed by atoms with Gasteiger partial charge in [-0.1, -0.05) is 115 Å². The molecule has 0 aliphatic carbocycles. The van der Waals surface area contributed by atoms with E-state index in [4.69, 9.17) is 13.3 Å². The van der Waals surface area contributed by atoms with Crippen LogP contribution in [-0.2, 0) is 0 Å². The minimum absolute atomic E-state index is 0.819. The SMILES string of the molecule is c1ccc(-c2coc3c2ccc2oc4ccc(-c5c6ccccc6c(-c6cccc7oc8ccccc8c67)c6ccccc56)cc4c23)cc1.